The molecule has 0 unspecified atom stereocenters. The van der Waals surface area contributed by atoms with Crippen LogP contribution in [0.5, 0.6) is 0 Å². The highest BCUT2D eigenvalue weighted by molar-refractivity contribution is 7.26. The van der Waals surface area contributed by atoms with Gasteiger partial charge in [-0.25, -0.2) is 24.9 Å². The summed E-state index contributed by atoms with van der Waals surface area (Å²) in [4.78, 5) is 23.6. The zero-order valence-corrected chi connectivity index (χ0v) is 44.6. The summed E-state index contributed by atoms with van der Waals surface area (Å²) in [5.41, 5.74) is 11.3. The summed E-state index contributed by atoms with van der Waals surface area (Å²) in [7, 11) is 0. The van der Waals surface area contributed by atoms with E-state index in [-0.39, 0.29) is 16.2 Å². The van der Waals surface area contributed by atoms with Crippen LogP contribution < -0.4 is 0 Å². The van der Waals surface area contributed by atoms with Gasteiger partial charge in [-0.2, -0.15) is 0 Å². The lowest BCUT2D eigenvalue weighted by Crippen LogP contribution is -2.18. The van der Waals surface area contributed by atoms with Gasteiger partial charge in [-0.05, 0) is 47.4 Å². The van der Waals surface area contributed by atoms with Crippen molar-refractivity contribution in [2.75, 3.05) is 0 Å². The maximum atomic E-state index is 4.79. The molecule has 12 rings (SSSR count). The van der Waals surface area contributed by atoms with E-state index in [0.29, 0.717) is 0 Å². The van der Waals surface area contributed by atoms with E-state index in [1.54, 1.807) is 0 Å². The van der Waals surface area contributed by atoms with Gasteiger partial charge in [0.1, 0.15) is 11.6 Å². The zero-order valence-electron chi connectivity index (χ0n) is 43.8. The van der Waals surface area contributed by atoms with Crippen molar-refractivity contribution >= 4 is 53.3 Å². The Morgan fingerprint density at radius 3 is 1.31 bits per heavy atom. The minimum atomic E-state index is -0.129. The second-order valence-electron chi connectivity index (χ2n) is 21.8. The molecule has 0 N–H and O–H groups in total. The third-order valence-electron chi connectivity index (χ3n) is 13.1. The van der Waals surface area contributed by atoms with Gasteiger partial charge in [-0.15, -0.1) is 11.3 Å². The van der Waals surface area contributed by atoms with Gasteiger partial charge >= 0.3 is 0 Å². The summed E-state index contributed by atoms with van der Waals surface area (Å²) in [6, 6.07) is 73.9. The van der Waals surface area contributed by atoms with Crippen LogP contribution in [0, 0.1) is 0 Å². The molecule has 0 aliphatic carbocycles. The standard InChI is InChI=1S/C28H23NS.C20H20N2.C19H19N3/c1-28(2,3)18-15-16-24-22(17-18)19-9-4-6-12-23(19)29(24)25-13-8-11-21-20-10-5-7-14-26(20)30-27(21)25;1-20(2,3)19-21-17(15-10-6-4-7-11-15)14-18(22-19)16-12-8-5-9-13-16;1-19(2,3)18-21-16(14-10-6-4-7-11-14)20-17(22-18)15-12-8-5-9-13-15/h4-17H,1-3H3;4-14H,1-3H3;4-13H,1-3H3. The summed E-state index contributed by atoms with van der Waals surface area (Å²) < 4.78 is 5.14. The molecular weight excluding hydrogens is 921 g/mol. The molecule has 6 nitrogen and oxygen atoms in total. The van der Waals surface area contributed by atoms with Crippen LogP contribution in [0.1, 0.15) is 79.5 Å². The van der Waals surface area contributed by atoms with Gasteiger partial charge < -0.3 is 4.57 Å². The maximum Gasteiger partial charge on any atom is 0.163 e. The predicted octanol–water partition coefficient (Wildman–Crippen LogP) is 18.1. The molecule has 0 aliphatic heterocycles. The van der Waals surface area contributed by atoms with Crippen LogP contribution in [-0.2, 0) is 16.2 Å². The lowest BCUT2D eigenvalue weighted by Gasteiger charge is -2.19. The molecule has 0 radical (unpaired) electrons. The van der Waals surface area contributed by atoms with E-state index in [9.17, 15) is 0 Å². The quantitative estimate of drug-likeness (QED) is 0.172. The Hall–Kier alpha value is -8.13. The number of fused-ring (bicyclic) bond motifs is 6. The maximum absolute atomic E-state index is 4.79. The molecule has 0 atom stereocenters. The minimum absolute atomic E-state index is 0.0890. The lowest BCUT2D eigenvalue weighted by atomic mass is 9.86. The van der Waals surface area contributed by atoms with Crippen LogP contribution in [0.2, 0.25) is 0 Å². The summed E-state index contributed by atoms with van der Waals surface area (Å²) >= 11 is 1.89. The van der Waals surface area contributed by atoms with Crippen molar-refractivity contribution in [2.24, 2.45) is 0 Å². The molecule has 0 aliphatic rings. The number of aromatic nitrogens is 6. The molecule has 366 valence electrons. The van der Waals surface area contributed by atoms with Crippen molar-refractivity contribution in [3.8, 4) is 51.0 Å². The van der Waals surface area contributed by atoms with E-state index in [1.165, 1.54) is 53.2 Å². The molecular formula is C67H62N6S. The monoisotopic (exact) mass is 982 g/mol. The van der Waals surface area contributed by atoms with E-state index in [1.807, 2.05) is 108 Å². The highest BCUT2D eigenvalue weighted by atomic mass is 32.1. The van der Waals surface area contributed by atoms with Crippen molar-refractivity contribution in [1.82, 2.24) is 29.5 Å². The smallest absolute Gasteiger partial charge is 0.163 e. The fourth-order valence-electron chi connectivity index (χ4n) is 9.05. The molecule has 7 heteroatoms. The SMILES string of the molecule is CC(C)(C)c1ccc2c(c1)c1ccccc1n2-c1cccc2c1sc1ccccc12.CC(C)(C)c1nc(-c2ccccc2)cc(-c2ccccc2)n1.CC(C)(C)c1nc(-c2ccccc2)nc(-c2ccccc2)n1. The van der Waals surface area contributed by atoms with Crippen LogP contribution in [0.4, 0.5) is 0 Å². The Morgan fingerprint density at radius 2 is 0.784 bits per heavy atom. The molecule has 74 heavy (non-hydrogen) atoms. The summed E-state index contributed by atoms with van der Waals surface area (Å²) in [5, 5.41) is 5.33. The predicted molar refractivity (Wildman–Crippen MR) is 313 cm³/mol. The largest absolute Gasteiger partial charge is 0.308 e. The molecule has 0 saturated heterocycles. The third kappa shape index (κ3) is 10.5. The molecule has 4 heterocycles. The van der Waals surface area contributed by atoms with Gasteiger partial charge in [-0.1, -0.05) is 238 Å². The van der Waals surface area contributed by atoms with Crippen LogP contribution >= 0.6 is 11.3 Å². The number of hydrogen-bond donors (Lipinski definition) is 0. The van der Waals surface area contributed by atoms with Gasteiger partial charge in [0.25, 0.3) is 0 Å². The van der Waals surface area contributed by atoms with Crippen molar-refractivity contribution < 1.29 is 0 Å². The lowest BCUT2D eigenvalue weighted by molar-refractivity contribution is 0.543. The second-order valence-corrected chi connectivity index (χ2v) is 22.9. The van der Waals surface area contributed by atoms with Crippen LogP contribution in [-0.4, -0.2) is 29.5 Å². The van der Waals surface area contributed by atoms with Gasteiger partial charge in [-0.3, -0.25) is 0 Å². The summed E-state index contributed by atoms with van der Waals surface area (Å²) in [5.74, 6) is 3.12. The fraction of sp³-hybridized carbons (Fsp3) is 0.179. The first-order valence-electron chi connectivity index (χ1n) is 25.4. The van der Waals surface area contributed by atoms with Gasteiger partial charge in [0.05, 0.1) is 32.8 Å². The number of thiophene rings is 1. The fourth-order valence-corrected chi connectivity index (χ4v) is 10.3. The Balaban J connectivity index is 0.000000130. The van der Waals surface area contributed by atoms with E-state index in [4.69, 9.17) is 9.97 Å². The van der Waals surface area contributed by atoms with Crippen molar-refractivity contribution in [2.45, 2.75) is 78.6 Å². The summed E-state index contributed by atoms with van der Waals surface area (Å²) in [6.07, 6.45) is 0. The first-order chi connectivity index (χ1) is 35.6. The van der Waals surface area contributed by atoms with Crippen LogP contribution in [0.25, 0.3) is 93.0 Å². The first-order valence-corrected chi connectivity index (χ1v) is 26.2. The van der Waals surface area contributed by atoms with Crippen LogP contribution in [0.15, 0.2) is 212 Å². The number of para-hydroxylation sites is 1. The average Bonchev–Trinajstić information content (AvgIpc) is 3.97. The molecule has 0 bridgehead atoms. The first kappa shape index (κ1) is 49.4. The van der Waals surface area contributed by atoms with Crippen molar-refractivity contribution in [3.05, 3.63) is 230 Å². The van der Waals surface area contributed by atoms with E-state index in [2.05, 4.69) is 197 Å². The van der Waals surface area contributed by atoms with Crippen molar-refractivity contribution in [3.63, 3.8) is 0 Å². The Morgan fingerprint density at radius 1 is 0.338 bits per heavy atom. The Labute approximate surface area is 439 Å². The minimum Gasteiger partial charge on any atom is -0.308 e. The Bertz CT molecular complexity index is 3630. The highest BCUT2D eigenvalue weighted by Crippen LogP contribution is 2.41. The van der Waals surface area contributed by atoms with E-state index < -0.39 is 0 Å². The molecule has 0 amide bonds. The van der Waals surface area contributed by atoms with E-state index in [0.717, 1.165) is 56.9 Å². The van der Waals surface area contributed by atoms with Crippen molar-refractivity contribution in [1.29, 1.82) is 0 Å². The molecule has 0 saturated carbocycles. The highest BCUT2D eigenvalue weighted by Gasteiger charge is 2.23. The second kappa shape index (κ2) is 20.4. The average molecular weight is 983 g/mol. The normalized spacial score (nSPS) is 11.9. The van der Waals surface area contributed by atoms with Crippen LogP contribution in [0.3, 0.4) is 0 Å². The number of benzene rings is 8. The zero-order chi connectivity index (χ0) is 51.6. The number of nitrogens with zero attached hydrogens (tertiary/aromatic N) is 6. The molecule has 4 aromatic heterocycles. The number of hydrogen-bond acceptors (Lipinski definition) is 6. The molecule has 0 fully saturated rings. The van der Waals surface area contributed by atoms with Gasteiger partial charge in [0, 0.05) is 59.3 Å². The molecule has 12 aromatic rings. The molecule has 0 spiro atoms. The topological polar surface area (TPSA) is 69.4 Å². The van der Waals surface area contributed by atoms with Gasteiger partial charge in [0.15, 0.2) is 11.6 Å². The van der Waals surface area contributed by atoms with Gasteiger partial charge in [0.2, 0.25) is 0 Å². The number of rotatable bonds is 5. The third-order valence-corrected chi connectivity index (χ3v) is 14.3. The molecule has 8 aromatic carbocycles. The Kier molecular flexibility index (Phi) is 13.6. The van der Waals surface area contributed by atoms with E-state index >= 15 is 0 Å². The summed E-state index contributed by atoms with van der Waals surface area (Å²) in [6.45, 7) is 19.6.